The molecule has 0 bridgehead atoms. The van der Waals surface area contributed by atoms with Gasteiger partial charge in [-0.3, -0.25) is 0 Å². The molecule has 2 saturated heterocycles. The fraction of sp³-hybridized carbons (Fsp3) is 0.609. The molecule has 1 spiro atoms. The maximum Gasteiger partial charge on any atom is 0.410 e. The smallest absolute Gasteiger partial charge is 0.410 e. The van der Waals surface area contributed by atoms with Crippen molar-refractivity contribution < 1.29 is 14.3 Å². The van der Waals surface area contributed by atoms with E-state index in [1.165, 1.54) is 0 Å². The van der Waals surface area contributed by atoms with Crippen LogP contribution in [0.2, 0.25) is 5.02 Å². The highest BCUT2D eigenvalue weighted by molar-refractivity contribution is 6.35. The number of fused-ring (bicyclic) bond motifs is 1. The van der Waals surface area contributed by atoms with E-state index in [-0.39, 0.29) is 11.7 Å². The second kappa shape index (κ2) is 7.68. The zero-order valence-electron chi connectivity index (χ0n) is 17.8. The van der Waals surface area contributed by atoms with Gasteiger partial charge in [0.15, 0.2) is 0 Å². The number of rotatable bonds is 4. The Bertz CT molecular complexity index is 1060. The van der Waals surface area contributed by atoms with Gasteiger partial charge in [0.05, 0.1) is 47.2 Å². The molecule has 1 unspecified atom stereocenters. The Balaban J connectivity index is 1.31. The van der Waals surface area contributed by atoms with Crippen LogP contribution in [0.25, 0.3) is 11.0 Å². The minimum Gasteiger partial charge on any atom is -0.441 e. The Labute approximate surface area is 186 Å². The number of nitriles is 1. The van der Waals surface area contributed by atoms with Crippen molar-refractivity contribution in [1.29, 1.82) is 5.26 Å². The molecule has 3 fully saturated rings. The minimum absolute atomic E-state index is 0.212. The van der Waals surface area contributed by atoms with Crippen LogP contribution in [0.5, 0.6) is 0 Å². The molecule has 0 N–H and O–H groups in total. The van der Waals surface area contributed by atoms with Crippen LogP contribution >= 0.6 is 11.6 Å². The van der Waals surface area contributed by atoms with Gasteiger partial charge in [-0.05, 0) is 63.5 Å². The Kier molecular flexibility index (Phi) is 5.10. The number of carbonyl (C=O) groups is 1. The molecular weight excluding hydrogens is 416 g/mol. The van der Waals surface area contributed by atoms with Crippen molar-refractivity contribution in [3.8, 4) is 6.07 Å². The van der Waals surface area contributed by atoms with Crippen LogP contribution < -0.4 is 0 Å². The number of carbonyl (C=O) groups excluding carboxylic acids is 1. The van der Waals surface area contributed by atoms with Gasteiger partial charge >= 0.3 is 6.09 Å². The average Bonchev–Trinajstić information content (AvgIpc) is 3.41. The lowest BCUT2D eigenvalue weighted by molar-refractivity contribution is -0.00120. The van der Waals surface area contributed by atoms with E-state index in [9.17, 15) is 10.1 Å². The number of hydrogen-bond donors (Lipinski definition) is 0. The van der Waals surface area contributed by atoms with Gasteiger partial charge in [0.25, 0.3) is 0 Å². The Hall–Kier alpha value is -2.30. The predicted molar refractivity (Wildman–Crippen MR) is 116 cm³/mol. The van der Waals surface area contributed by atoms with Crippen LogP contribution in [0, 0.1) is 17.2 Å². The van der Waals surface area contributed by atoms with E-state index in [1.54, 1.807) is 12.4 Å². The molecule has 2 aliphatic heterocycles. The van der Waals surface area contributed by atoms with E-state index in [0.717, 1.165) is 62.7 Å². The summed E-state index contributed by atoms with van der Waals surface area (Å²) in [7, 11) is 0. The number of amides is 1. The molecule has 8 heteroatoms. The van der Waals surface area contributed by atoms with Crippen molar-refractivity contribution in [2.45, 2.75) is 63.2 Å². The molecule has 31 heavy (non-hydrogen) atoms. The maximum absolute atomic E-state index is 12.7. The van der Waals surface area contributed by atoms with Gasteiger partial charge in [-0.15, -0.1) is 0 Å². The zero-order valence-corrected chi connectivity index (χ0v) is 18.5. The molecule has 1 saturated carbocycles. The number of hydrogen-bond acceptors (Lipinski definition) is 5. The SMILES string of the molecule is CC1(CN2C[C@@]3(CCC[C@H](Cn4cnc5c(Cl)cc(C#N)cc54)C3)OC2=O)CCCO1. The summed E-state index contributed by atoms with van der Waals surface area (Å²) in [4.78, 5) is 19.0. The molecule has 1 aromatic heterocycles. The molecule has 2 aromatic rings. The molecule has 5 rings (SSSR count). The first kappa shape index (κ1) is 20.6. The quantitative estimate of drug-likeness (QED) is 0.695. The summed E-state index contributed by atoms with van der Waals surface area (Å²) in [5, 5.41) is 9.78. The van der Waals surface area contributed by atoms with Crippen LogP contribution in [0.3, 0.4) is 0 Å². The molecule has 3 atom stereocenters. The molecule has 1 aliphatic carbocycles. The molecule has 3 heterocycles. The topological polar surface area (TPSA) is 80.4 Å². The first-order valence-corrected chi connectivity index (χ1v) is 11.4. The van der Waals surface area contributed by atoms with Gasteiger partial charge < -0.3 is 18.9 Å². The third-order valence-corrected chi connectivity index (χ3v) is 7.32. The van der Waals surface area contributed by atoms with E-state index >= 15 is 0 Å². The molecule has 164 valence electrons. The van der Waals surface area contributed by atoms with Gasteiger partial charge in [0, 0.05) is 13.2 Å². The Morgan fingerprint density at radius 3 is 3.00 bits per heavy atom. The first-order chi connectivity index (χ1) is 14.9. The van der Waals surface area contributed by atoms with E-state index in [1.807, 2.05) is 11.0 Å². The van der Waals surface area contributed by atoms with Crippen molar-refractivity contribution >= 4 is 28.7 Å². The molecule has 7 nitrogen and oxygen atoms in total. The van der Waals surface area contributed by atoms with Crippen LogP contribution in [0.15, 0.2) is 18.5 Å². The van der Waals surface area contributed by atoms with Gasteiger partial charge in [-0.25, -0.2) is 9.78 Å². The third-order valence-electron chi connectivity index (χ3n) is 7.04. The van der Waals surface area contributed by atoms with E-state index in [0.29, 0.717) is 29.6 Å². The van der Waals surface area contributed by atoms with Gasteiger partial charge in [-0.1, -0.05) is 11.6 Å². The summed E-state index contributed by atoms with van der Waals surface area (Å²) in [6.45, 7) is 4.85. The monoisotopic (exact) mass is 442 g/mol. The fourth-order valence-corrected chi connectivity index (χ4v) is 5.89. The summed E-state index contributed by atoms with van der Waals surface area (Å²) in [6, 6.07) is 5.65. The van der Waals surface area contributed by atoms with Crippen LogP contribution in [-0.2, 0) is 16.0 Å². The van der Waals surface area contributed by atoms with Crippen molar-refractivity contribution in [3.63, 3.8) is 0 Å². The zero-order chi connectivity index (χ0) is 21.6. The maximum atomic E-state index is 12.7. The van der Waals surface area contributed by atoms with Crippen LogP contribution in [0.1, 0.15) is 51.0 Å². The average molecular weight is 443 g/mol. The van der Waals surface area contributed by atoms with Gasteiger partial charge in [0.1, 0.15) is 11.1 Å². The lowest BCUT2D eigenvalue weighted by Crippen LogP contribution is -2.44. The Morgan fingerprint density at radius 2 is 2.23 bits per heavy atom. The van der Waals surface area contributed by atoms with E-state index < -0.39 is 5.60 Å². The number of halogens is 1. The number of ether oxygens (including phenoxy) is 2. The predicted octanol–water partition coefficient (Wildman–Crippen LogP) is 4.51. The van der Waals surface area contributed by atoms with Crippen molar-refractivity contribution in [1.82, 2.24) is 14.5 Å². The molecule has 1 aromatic carbocycles. The normalized spacial score (nSPS) is 30.8. The highest BCUT2D eigenvalue weighted by atomic mass is 35.5. The summed E-state index contributed by atoms with van der Waals surface area (Å²) < 4.78 is 14.0. The summed E-state index contributed by atoms with van der Waals surface area (Å²) in [5.41, 5.74) is 1.45. The number of imidazole rings is 1. The van der Waals surface area contributed by atoms with Gasteiger partial charge in [-0.2, -0.15) is 5.26 Å². The highest BCUT2D eigenvalue weighted by Gasteiger charge is 2.49. The second-order valence-corrected chi connectivity index (χ2v) is 10.0. The summed E-state index contributed by atoms with van der Waals surface area (Å²) in [5.74, 6) is 0.363. The Morgan fingerprint density at radius 1 is 1.35 bits per heavy atom. The largest absolute Gasteiger partial charge is 0.441 e. The summed E-state index contributed by atoms with van der Waals surface area (Å²) in [6.07, 6.45) is 7.44. The second-order valence-electron chi connectivity index (χ2n) is 9.61. The number of aromatic nitrogens is 2. The lowest BCUT2D eigenvalue weighted by Gasteiger charge is -2.36. The van der Waals surface area contributed by atoms with Crippen molar-refractivity contribution in [2.24, 2.45) is 5.92 Å². The van der Waals surface area contributed by atoms with E-state index in [2.05, 4.69) is 22.5 Å². The lowest BCUT2D eigenvalue weighted by atomic mass is 9.78. The minimum atomic E-state index is -0.416. The molecule has 3 aliphatic rings. The molecule has 0 radical (unpaired) electrons. The van der Waals surface area contributed by atoms with Gasteiger partial charge in [0.2, 0.25) is 0 Å². The highest BCUT2D eigenvalue weighted by Crippen LogP contribution is 2.42. The third kappa shape index (κ3) is 3.88. The van der Waals surface area contributed by atoms with Crippen molar-refractivity contribution in [2.75, 3.05) is 19.7 Å². The number of nitrogens with zero attached hydrogens (tertiary/aromatic N) is 4. The summed E-state index contributed by atoms with van der Waals surface area (Å²) >= 11 is 6.31. The fourth-order valence-electron chi connectivity index (χ4n) is 5.62. The molecular formula is C23H27ClN4O3. The molecule has 1 amide bonds. The standard InChI is InChI=1S/C23H27ClN4O3/c1-22(5-3-7-30-22)13-28-14-23(31-21(28)29)6-2-4-16(10-23)12-27-15-26-20-18(24)8-17(11-25)9-19(20)27/h8-9,15-16H,2-7,10,12-14H2,1H3/t16-,22?,23-/m0/s1. The number of benzene rings is 1. The first-order valence-electron chi connectivity index (χ1n) is 11.1. The van der Waals surface area contributed by atoms with Crippen molar-refractivity contribution in [3.05, 3.63) is 29.0 Å². The van der Waals surface area contributed by atoms with Crippen LogP contribution in [0.4, 0.5) is 4.79 Å². The van der Waals surface area contributed by atoms with Crippen LogP contribution in [-0.4, -0.2) is 51.4 Å². The van der Waals surface area contributed by atoms with E-state index in [4.69, 9.17) is 21.1 Å².